The molecule has 6 heteroatoms. The Hall–Kier alpha value is -1.24. The minimum Gasteiger partial charge on any atom is -0.378 e. The number of nitrogens with zero attached hydrogens (tertiary/aromatic N) is 1. The van der Waals surface area contributed by atoms with Gasteiger partial charge < -0.3 is 15.2 Å². The Morgan fingerprint density at radius 3 is 2.22 bits per heavy atom. The van der Waals surface area contributed by atoms with Crippen LogP contribution in [0.2, 0.25) is 0 Å². The molecular weight excluding hydrogens is 236 g/mol. The normalized spacial score (nSPS) is 15.8. The van der Waals surface area contributed by atoms with Crippen molar-refractivity contribution in [2.75, 3.05) is 33.0 Å². The van der Waals surface area contributed by atoms with Gasteiger partial charge in [-0.25, -0.2) is 0 Å². The van der Waals surface area contributed by atoms with Gasteiger partial charge in [-0.3, -0.25) is 14.5 Å². The number of imide groups is 1. The summed E-state index contributed by atoms with van der Waals surface area (Å²) in [5, 5.41) is 0. The molecule has 0 saturated heterocycles. The highest BCUT2D eigenvalue weighted by Crippen LogP contribution is 2.19. The molecule has 0 fully saturated rings. The second-order valence-electron chi connectivity index (χ2n) is 4.61. The average molecular weight is 256 g/mol. The molecule has 2 N–H and O–H groups in total. The van der Waals surface area contributed by atoms with Gasteiger partial charge >= 0.3 is 0 Å². The molecule has 1 rings (SSSR count). The van der Waals surface area contributed by atoms with Gasteiger partial charge in [-0.05, 0) is 13.8 Å². The Balaban J connectivity index is 2.31. The molecule has 0 aromatic heterocycles. The van der Waals surface area contributed by atoms with Crippen molar-refractivity contribution in [2.24, 2.45) is 5.73 Å². The quantitative estimate of drug-likeness (QED) is 0.475. The van der Waals surface area contributed by atoms with Crippen molar-refractivity contribution in [3.63, 3.8) is 0 Å². The van der Waals surface area contributed by atoms with Crippen molar-refractivity contribution < 1.29 is 19.1 Å². The van der Waals surface area contributed by atoms with E-state index in [1.54, 1.807) is 13.8 Å². The third-order valence-corrected chi connectivity index (χ3v) is 2.50. The van der Waals surface area contributed by atoms with Crippen molar-refractivity contribution in [1.82, 2.24) is 4.90 Å². The Morgan fingerprint density at radius 2 is 1.67 bits per heavy atom. The van der Waals surface area contributed by atoms with Crippen LogP contribution in [0.25, 0.3) is 0 Å². The first kappa shape index (κ1) is 14.8. The van der Waals surface area contributed by atoms with Crippen LogP contribution in [0, 0.1) is 0 Å². The van der Waals surface area contributed by atoms with Crippen LogP contribution in [0.3, 0.4) is 0 Å². The molecule has 0 aliphatic carbocycles. The molecule has 18 heavy (non-hydrogen) atoms. The minimum atomic E-state index is -0.661. The minimum absolute atomic E-state index is 0.276. The lowest BCUT2D eigenvalue weighted by Gasteiger charge is -2.33. The molecule has 0 aromatic carbocycles. The third-order valence-electron chi connectivity index (χ3n) is 2.50. The molecule has 102 valence electrons. The van der Waals surface area contributed by atoms with Crippen LogP contribution in [-0.4, -0.2) is 55.2 Å². The van der Waals surface area contributed by atoms with Gasteiger partial charge in [0, 0.05) is 18.7 Å². The largest absolute Gasteiger partial charge is 0.378 e. The molecule has 1 aliphatic rings. The number of hydrogen-bond acceptors (Lipinski definition) is 5. The van der Waals surface area contributed by atoms with Crippen molar-refractivity contribution in [1.29, 1.82) is 0 Å². The molecule has 0 unspecified atom stereocenters. The summed E-state index contributed by atoms with van der Waals surface area (Å²) in [7, 11) is 0. The van der Waals surface area contributed by atoms with E-state index in [1.165, 1.54) is 17.1 Å². The Kier molecular flexibility index (Phi) is 5.46. The van der Waals surface area contributed by atoms with E-state index in [0.29, 0.717) is 26.4 Å². The summed E-state index contributed by atoms with van der Waals surface area (Å²) in [4.78, 5) is 24.3. The number of carbonyl (C=O) groups is 2. The number of ether oxygens (including phenoxy) is 2. The smallest absolute Gasteiger partial charge is 0.254 e. The summed E-state index contributed by atoms with van der Waals surface area (Å²) >= 11 is 0. The first-order chi connectivity index (χ1) is 8.49. The predicted molar refractivity (Wildman–Crippen MR) is 65.8 cm³/mol. The zero-order valence-electron chi connectivity index (χ0n) is 10.8. The molecule has 1 heterocycles. The molecule has 0 atom stereocenters. The van der Waals surface area contributed by atoms with Gasteiger partial charge in [0.25, 0.3) is 11.8 Å². The van der Waals surface area contributed by atoms with Gasteiger partial charge in [-0.2, -0.15) is 0 Å². The highest BCUT2D eigenvalue weighted by molar-refractivity contribution is 6.13. The Labute approximate surface area is 107 Å². The lowest BCUT2D eigenvalue weighted by Crippen LogP contribution is -2.50. The Bertz CT molecular complexity index is 321. The fraction of sp³-hybridized carbons (Fsp3) is 0.667. The van der Waals surface area contributed by atoms with Crippen molar-refractivity contribution in [3.05, 3.63) is 12.2 Å². The molecule has 6 nitrogen and oxygen atoms in total. The van der Waals surface area contributed by atoms with Gasteiger partial charge in [0.15, 0.2) is 0 Å². The molecule has 0 bridgehead atoms. The predicted octanol–water partition coefficient (Wildman–Crippen LogP) is -0.318. The van der Waals surface area contributed by atoms with Gasteiger partial charge in [0.2, 0.25) is 0 Å². The first-order valence-electron chi connectivity index (χ1n) is 5.91. The third kappa shape index (κ3) is 3.90. The molecule has 0 saturated carbocycles. The number of carbonyl (C=O) groups excluding carboxylic acids is 2. The van der Waals surface area contributed by atoms with E-state index in [1.807, 2.05) is 0 Å². The second-order valence-corrected chi connectivity index (χ2v) is 4.61. The standard InChI is InChI=1S/C12H20N2O4/c1-12(2,9-18-8-7-17-6-5-13)14-10(15)3-4-11(14)16/h3-4H,5-9,13H2,1-2H3. The van der Waals surface area contributed by atoms with Crippen molar-refractivity contribution >= 4 is 11.8 Å². The maximum atomic E-state index is 11.5. The SMILES string of the molecule is CC(C)(COCCOCCN)N1C(=O)C=CC1=O. The average Bonchev–Trinajstić information content (AvgIpc) is 2.64. The summed E-state index contributed by atoms with van der Waals surface area (Å²) in [6.45, 7) is 5.69. The molecule has 0 aromatic rings. The molecular formula is C12H20N2O4. The monoisotopic (exact) mass is 256 g/mol. The topological polar surface area (TPSA) is 81.9 Å². The van der Waals surface area contributed by atoms with E-state index in [2.05, 4.69) is 0 Å². The van der Waals surface area contributed by atoms with E-state index in [0.717, 1.165) is 0 Å². The summed E-state index contributed by atoms with van der Waals surface area (Å²) in [6.07, 6.45) is 2.54. The Morgan fingerprint density at radius 1 is 1.11 bits per heavy atom. The van der Waals surface area contributed by atoms with Crippen LogP contribution in [0.15, 0.2) is 12.2 Å². The molecule has 1 aliphatic heterocycles. The highest BCUT2D eigenvalue weighted by atomic mass is 16.5. The maximum Gasteiger partial charge on any atom is 0.254 e. The van der Waals surface area contributed by atoms with E-state index in [9.17, 15) is 9.59 Å². The lowest BCUT2D eigenvalue weighted by molar-refractivity contribution is -0.145. The van der Waals surface area contributed by atoms with Crippen molar-refractivity contribution in [2.45, 2.75) is 19.4 Å². The van der Waals surface area contributed by atoms with Crippen LogP contribution >= 0.6 is 0 Å². The number of nitrogens with two attached hydrogens (primary N) is 1. The number of amides is 2. The zero-order chi connectivity index (χ0) is 13.6. The van der Waals surface area contributed by atoms with Crippen LogP contribution in [0.5, 0.6) is 0 Å². The van der Waals surface area contributed by atoms with Crippen LogP contribution < -0.4 is 5.73 Å². The van der Waals surface area contributed by atoms with Crippen LogP contribution in [0.4, 0.5) is 0 Å². The first-order valence-corrected chi connectivity index (χ1v) is 5.91. The maximum absolute atomic E-state index is 11.5. The second kappa shape index (κ2) is 6.63. The number of rotatable bonds is 8. The summed E-state index contributed by atoms with van der Waals surface area (Å²) in [6, 6.07) is 0. The summed E-state index contributed by atoms with van der Waals surface area (Å²) < 4.78 is 10.6. The molecule has 0 spiro atoms. The summed E-state index contributed by atoms with van der Waals surface area (Å²) in [5.74, 6) is -0.596. The van der Waals surface area contributed by atoms with Crippen LogP contribution in [0.1, 0.15) is 13.8 Å². The highest BCUT2D eigenvalue weighted by Gasteiger charge is 2.37. The molecule has 0 radical (unpaired) electrons. The van der Waals surface area contributed by atoms with Gasteiger partial charge in [0.05, 0.1) is 32.0 Å². The van der Waals surface area contributed by atoms with Gasteiger partial charge in [-0.15, -0.1) is 0 Å². The number of hydrogen-bond donors (Lipinski definition) is 1. The van der Waals surface area contributed by atoms with Gasteiger partial charge in [0.1, 0.15) is 0 Å². The van der Waals surface area contributed by atoms with E-state index < -0.39 is 5.54 Å². The van der Waals surface area contributed by atoms with Crippen LogP contribution in [-0.2, 0) is 19.1 Å². The van der Waals surface area contributed by atoms with E-state index in [-0.39, 0.29) is 18.4 Å². The van der Waals surface area contributed by atoms with E-state index >= 15 is 0 Å². The summed E-state index contributed by atoms with van der Waals surface area (Å²) in [5.41, 5.74) is 4.61. The zero-order valence-corrected chi connectivity index (χ0v) is 10.8. The fourth-order valence-electron chi connectivity index (χ4n) is 1.69. The van der Waals surface area contributed by atoms with Crippen molar-refractivity contribution in [3.8, 4) is 0 Å². The lowest BCUT2D eigenvalue weighted by atomic mass is 10.0. The molecule has 2 amide bonds. The van der Waals surface area contributed by atoms with E-state index in [4.69, 9.17) is 15.2 Å². The fourth-order valence-corrected chi connectivity index (χ4v) is 1.69. The van der Waals surface area contributed by atoms with Gasteiger partial charge in [-0.1, -0.05) is 0 Å².